The summed E-state index contributed by atoms with van der Waals surface area (Å²) < 4.78 is 0. The van der Waals surface area contributed by atoms with Crippen LogP contribution in [0.5, 0.6) is 0 Å². The summed E-state index contributed by atoms with van der Waals surface area (Å²) in [5.74, 6) is -1.77. The molecule has 24 heavy (non-hydrogen) atoms. The highest BCUT2D eigenvalue weighted by Crippen LogP contribution is 2.08. The lowest BCUT2D eigenvalue weighted by molar-refractivity contribution is -0.120. The van der Waals surface area contributed by atoms with Crippen molar-refractivity contribution in [2.45, 2.75) is 6.42 Å². The van der Waals surface area contributed by atoms with Gasteiger partial charge in [0.05, 0.1) is 17.5 Å². The van der Waals surface area contributed by atoms with E-state index in [2.05, 4.69) is 10.6 Å². The van der Waals surface area contributed by atoms with Crippen LogP contribution in [0.4, 0.5) is 0 Å². The number of carbonyl (C=O) groups is 3. The molecule has 0 saturated carbocycles. The van der Waals surface area contributed by atoms with Gasteiger partial charge in [-0.05, 0) is 17.7 Å². The zero-order valence-electron chi connectivity index (χ0n) is 13.0. The van der Waals surface area contributed by atoms with Gasteiger partial charge >= 0.3 is 5.97 Å². The van der Waals surface area contributed by atoms with Gasteiger partial charge in [-0.25, -0.2) is 4.79 Å². The number of aromatic carboxylic acids is 1. The van der Waals surface area contributed by atoms with E-state index in [4.69, 9.17) is 5.11 Å². The summed E-state index contributed by atoms with van der Waals surface area (Å²) in [6.45, 7) is 0.486. The quantitative estimate of drug-likeness (QED) is 0.672. The average Bonchev–Trinajstić information content (AvgIpc) is 2.59. The fraction of sp³-hybridized carbons (Fsp3) is 0.167. The number of carboxylic acids is 1. The summed E-state index contributed by atoms with van der Waals surface area (Å²) in [7, 11) is 0. The zero-order valence-corrected chi connectivity index (χ0v) is 13.0. The van der Waals surface area contributed by atoms with Crippen LogP contribution in [-0.2, 0) is 11.2 Å². The molecule has 0 bridgehead atoms. The Morgan fingerprint density at radius 2 is 1.38 bits per heavy atom. The third-order valence-electron chi connectivity index (χ3n) is 3.34. The van der Waals surface area contributed by atoms with Gasteiger partial charge in [0.25, 0.3) is 5.91 Å². The molecule has 0 aliphatic carbocycles. The summed E-state index contributed by atoms with van der Waals surface area (Å²) in [6.07, 6.45) is 0.274. The number of hydrogen-bond donors (Lipinski definition) is 3. The normalized spacial score (nSPS) is 10.0. The van der Waals surface area contributed by atoms with Gasteiger partial charge in [-0.2, -0.15) is 0 Å². The maximum atomic E-state index is 12.0. The Balaban J connectivity index is 1.77. The molecule has 0 aliphatic heterocycles. The van der Waals surface area contributed by atoms with E-state index in [1.807, 2.05) is 30.3 Å². The molecule has 2 aromatic carbocycles. The summed E-state index contributed by atoms with van der Waals surface area (Å²) in [4.78, 5) is 34.9. The van der Waals surface area contributed by atoms with Gasteiger partial charge in [-0.1, -0.05) is 42.5 Å². The second kappa shape index (κ2) is 8.47. The highest BCUT2D eigenvalue weighted by molar-refractivity contribution is 6.04. The number of nitrogens with one attached hydrogen (secondary N) is 2. The maximum absolute atomic E-state index is 12.0. The topological polar surface area (TPSA) is 95.5 Å². The molecule has 124 valence electrons. The molecule has 0 atom stereocenters. The molecule has 2 rings (SSSR count). The standard InChI is InChI=1S/C18H18N2O4/c21-16(12-13-6-2-1-3-7-13)19-10-11-20-17(22)14-8-4-5-9-15(14)18(23)24/h1-9H,10-12H2,(H,19,21)(H,20,22)(H,23,24). The molecule has 6 heteroatoms. The maximum Gasteiger partial charge on any atom is 0.336 e. The van der Waals surface area contributed by atoms with E-state index in [0.717, 1.165) is 5.56 Å². The lowest BCUT2D eigenvalue weighted by atomic mass is 10.1. The molecular formula is C18H18N2O4. The first-order chi connectivity index (χ1) is 11.6. The van der Waals surface area contributed by atoms with Crippen LogP contribution in [0.2, 0.25) is 0 Å². The molecule has 3 N–H and O–H groups in total. The zero-order chi connectivity index (χ0) is 17.4. The van der Waals surface area contributed by atoms with Crippen LogP contribution in [0.25, 0.3) is 0 Å². The van der Waals surface area contributed by atoms with Crippen molar-refractivity contribution in [1.82, 2.24) is 10.6 Å². The van der Waals surface area contributed by atoms with E-state index in [0.29, 0.717) is 0 Å². The first-order valence-electron chi connectivity index (χ1n) is 7.49. The third-order valence-corrected chi connectivity index (χ3v) is 3.34. The van der Waals surface area contributed by atoms with Gasteiger partial charge < -0.3 is 15.7 Å². The Kier molecular flexibility index (Phi) is 6.08. The number of hydrogen-bond acceptors (Lipinski definition) is 3. The van der Waals surface area contributed by atoms with E-state index < -0.39 is 11.9 Å². The number of carbonyl (C=O) groups excluding carboxylic acids is 2. The van der Waals surface area contributed by atoms with Crippen LogP contribution in [0.3, 0.4) is 0 Å². The van der Waals surface area contributed by atoms with Crippen molar-refractivity contribution in [2.75, 3.05) is 13.1 Å². The molecule has 0 spiro atoms. The van der Waals surface area contributed by atoms with E-state index in [9.17, 15) is 14.4 Å². The molecule has 0 radical (unpaired) electrons. The van der Waals surface area contributed by atoms with Crippen molar-refractivity contribution in [3.05, 3.63) is 71.3 Å². The monoisotopic (exact) mass is 326 g/mol. The van der Waals surface area contributed by atoms with Crippen LogP contribution < -0.4 is 10.6 Å². The molecule has 0 aliphatic rings. The molecule has 0 fully saturated rings. The van der Waals surface area contributed by atoms with Crippen LogP contribution in [0, 0.1) is 0 Å². The average molecular weight is 326 g/mol. The summed E-state index contributed by atoms with van der Waals surface area (Å²) >= 11 is 0. The second-order valence-corrected chi connectivity index (χ2v) is 5.12. The highest BCUT2D eigenvalue weighted by atomic mass is 16.4. The fourth-order valence-corrected chi connectivity index (χ4v) is 2.18. The summed E-state index contributed by atoms with van der Waals surface area (Å²) in [6, 6.07) is 15.3. The van der Waals surface area contributed by atoms with E-state index >= 15 is 0 Å². The van der Waals surface area contributed by atoms with E-state index in [1.54, 1.807) is 12.1 Å². The third kappa shape index (κ3) is 4.95. The van der Waals surface area contributed by atoms with Crippen molar-refractivity contribution in [3.63, 3.8) is 0 Å². The van der Waals surface area contributed by atoms with Gasteiger partial charge in [0.1, 0.15) is 0 Å². The molecule has 0 aromatic heterocycles. The van der Waals surface area contributed by atoms with Crippen molar-refractivity contribution in [1.29, 1.82) is 0 Å². The van der Waals surface area contributed by atoms with Gasteiger partial charge in [-0.3, -0.25) is 9.59 Å². The van der Waals surface area contributed by atoms with Crippen molar-refractivity contribution in [2.24, 2.45) is 0 Å². The van der Waals surface area contributed by atoms with Gasteiger partial charge in [0.15, 0.2) is 0 Å². The van der Waals surface area contributed by atoms with Crippen LogP contribution in [0.1, 0.15) is 26.3 Å². The largest absolute Gasteiger partial charge is 0.478 e. The molecule has 0 saturated heterocycles. The predicted octanol–water partition coefficient (Wildman–Crippen LogP) is 1.47. The Bertz CT molecular complexity index is 729. The van der Waals surface area contributed by atoms with Gasteiger partial charge in [-0.15, -0.1) is 0 Å². The van der Waals surface area contributed by atoms with Crippen LogP contribution in [0.15, 0.2) is 54.6 Å². The Hall–Kier alpha value is -3.15. The number of carboxylic acid groups (broad SMARTS) is 1. The Morgan fingerprint density at radius 3 is 2.04 bits per heavy atom. The number of rotatable bonds is 7. The smallest absolute Gasteiger partial charge is 0.336 e. The minimum atomic E-state index is -1.16. The van der Waals surface area contributed by atoms with Gasteiger partial charge in [0, 0.05) is 13.1 Å². The minimum Gasteiger partial charge on any atom is -0.478 e. The van der Waals surface area contributed by atoms with E-state index in [-0.39, 0.29) is 36.5 Å². The first kappa shape index (κ1) is 17.2. The molecule has 0 unspecified atom stereocenters. The minimum absolute atomic E-state index is 0.0527. The van der Waals surface area contributed by atoms with Crippen LogP contribution >= 0.6 is 0 Å². The van der Waals surface area contributed by atoms with Gasteiger partial charge in [0.2, 0.25) is 5.91 Å². The summed E-state index contributed by atoms with van der Waals surface area (Å²) in [5.41, 5.74) is 0.957. The van der Waals surface area contributed by atoms with Crippen molar-refractivity contribution >= 4 is 17.8 Å². The predicted molar refractivity (Wildman–Crippen MR) is 88.9 cm³/mol. The van der Waals surface area contributed by atoms with Crippen molar-refractivity contribution in [3.8, 4) is 0 Å². The number of amides is 2. The molecule has 2 amide bonds. The molecular weight excluding hydrogens is 308 g/mol. The SMILES string of the molecule is O=C(Cc1ccccc1)NCCNC(=O)c1ccccc1C(=O)O. The fourth-order valence-electron chi connectivity index (χ4n) is 2.18. The Labute approximate surface area is 139 Å². The second-order valence-electron chi connectivity index (χ2n) is 5.12. The lowest BCUT2D eigenvalue weighted by Crippen LogP contribution is -2.35. The van der Waals surface area contributed by atoms with Crippen molar-refractivity contribution < 1.29 is 19.5 Å². The summed E-state index contributed by atoms with van der Waals surface area (Å²) in [5, 5.41) is 14.4. The molecule has 6 nitrogen and oxygen atoms in total. The highest BCUT2D eigenvalue weighted by Gasteiger charge is 2.15. The Morgan fingerprint density at radius 1 is 0.792 bits per heavy atom. The first-order valence-corrected chi connectivity index (χ1v) is 7.49. The lowest BCUT2D eigenvalue weighted by Gasteiger charge is -2.09. The number of benzene rings is 2. The van der Waals surface area contributed by atoms with Crippen LogP contribution in [-0.4, -0.2) is 36.0 Å². The molecule has 2 aromatic rings. The molecule has 0 heterocycles. The van der Waals surface area contributed by atoms with E-state index in [1.165, 1.54) is 12.1 Å².